The molecule has 6 nitrogen and oxygen atoms in total. The van der Waals surface area contributed by atoms with Crippen LogP contribution in [0.5, 0.6) is 0 Å². The van der Waals surface area contributed by atoms with Gasteiger partial charge in [-0.05, 0) is 24.5 Å². The zero-order chi connectivity index (χ0) is 18.9. The van der Waals surface area contributed by atoms with Crippen molar-refractivity contribution < 1.29 is 27.9 Å². The van der Waals surface area contributed by atoms with Gasteiger partial charge in [-0.25, -0.2) is 9.78 Å². The molecule has 1 amide bonds. The molecule has 2 aromatic rings. The zero-order valence-corrected chi connectivity index (χ0v) is 13.9. The van der Waals surface area contributed by atoms with Crippen LogP contribution >= 0.6 is 0 Å². The summed E-state index contributed by atoms with van der Waals surface area (Å²) in [5.74, 6) is -2.38. The molecule has 0 aliphatic rings. The summed E-state index contributed by atoms with van der Waals surface area (Å²) in [4.78, 5) is 28.0. The van der Waals surface area contributed by atoms with Crippen molar-refractivity contribution in [3.8, 4) is 0 Å². The van der Waals surface area contributed by atoms with Crippen molar-refractivity contribution in [3.05, 3.63) is 35.3 Å². The molecule has 0 spiro atoms. The molecule has 0 bridgehead atoms. The van der Waals surface area contributed by atoms with Crippen LogP contribution in [0.3, 0.4) is 0 Å². The van der Waals surface area contributed by atoms with Crippen molar-refractivity contribution in [3.63, 3.8) is 0 Å². The fourth-order valence-electron chi connectivity index (χ4n) is 2.47. The van der Waals surface area contributed by atoms with Gasteiger partial charge in [-0.2, -0.15) is 13.2 Å². The first-order chi connectivity index (χ1) is 11.6. The molecule has 0 aliphatic carbocycles. The maximum absolute atomic E-state index is 12.9. The normalized spacial score (nSPS) is 13.2. The fraction of sp³-hybridized carbons (Fsp3) is 0.438. The highest BCUT2D eigenvalue weighted by Gasteiger charge is 2.32. The highest BCUT2D eigenvalue weighted by atomic mass is 19.4. The number of carboxylic acids is 1. The second-order valence-electron chi connectivity index (χ2n) is 5.94. The fourth-order valence-corrected chi connectivity index (χ4v) is 2.47. The van der Waals surface area contributed by atoms with E-state index in [1.807, 2.05) is 0 Å². The van der Waals surface area contributed by atoms with Crippen LogP contribution in [0, 0.1) is 5.92 Å². The number of imidazole rings is 1. The first-order valence-electron chi connectivity index (χ1n) is 7.68. The first kappa shape index (κ1) is 18.8. The molecule has 1 unspecified atom stereocenters. The molecule has 0 saturated carbocycles. The monoisotopic (exact) mass is 357 g/mol. The number of carbonyl (C=O) groups is 2. The van der Waals surface area contributed by atoms with E-state index in [4.69, 9.17) is 0 Å². The predicted molar refractivity (Wildman–Crippen MR) is 83.3 cm³/mol. The van der Waals surface area contributed by atoms with Crippen LogP contribution in [0.15, 0.2) is 18.3 Å². The number of hydrogen-bond acceptors (Lipinski definition) is 3. The summed E-state index contributed by atoms with van der Waals surface area (Å²) in [6, 6.07) is 0.904. The minimum Gasteiger partial charge on any atom is -0.480 e. The van der Waals surface area contributed by atoms with Gasteiger partial charge in [0, 0.05) is 6.20 Å². The Bertz CT molecular complexity index is 812. The maximum Gasteiger partial charge on any atom is 0.417 e. The van der Waals surface area contributed by atoms with E-state index in [-0.39, 0.29) is 11.3 Å². The van der Waals surface area contributed by atoms with Gasteiger partial charge in [0.15, 0.2) is 0 Å². The highest BCUT2D eigenvalue weighted by Crippen LogP contribution is 2.30. The van der Waals surface area contributed by atoms with Crippen molar-refractivity contribution in [2.24, 2.45) is 5.92 Å². The number of halogens is 3. The van der Waals surface area contributed by atoms with Crippen LogP contribution < -0.4 is 5.32 Å². The number of fused-ring (bicyclic) bond motifs is 1. The average Bonchev–Trinajstić information content (AvgIpc) is 2.88. The van der Waals surface area contributed by atoms with Crippen molar-refractivity contribution in [1.29, 1.82) is 0 Å². The summed E-state index contributed by atoms with van der Waals surface area (Å²) in [7, 11) is 0. The lowest BCUT2D eigenvalue weighted by atomic mass is 10.0. The summed E-state index contributed by atoms with van der Waals surface area (Å²) in [6.07, 6.45) is -3.47. The SMILES string of the molecule is CCc1nc2ccc(C(F)(F)F)cn2c1C(=O)NC(C(=O)O)C(C)C. The first-order valence-corrected chi connectivity index (χ1v) is 7.68. The predicted octanol–water partition coefficient (Wildman–Crippen LogP) is 2.75. The maximum atomic E-state index is 12.9. The molecule has 2 aromatic heterocycles. The number of aliphatic carboxylic acids is 1. The van der Waals surface area contributed by atoms with Crippen molar-refractivity contribution in [1.82, 2.24) is 14.7 Å². The Hall–Kier alpha value is -2.58. The third-order valence-corrected chi connectivity index (χ3v) is 3.79. The molecule has 1 atom stereocenters. The van der Waals surface area contributed by atoms with E-state index in [9.17, 15) is 27.9 Å². The van der Waals surface area contributed by atoms with Gasteiger partial charge in [-0.15, -0.1) is 0 Å². The quantitative estimate of drug-likeness (QED) is 0.862. The largest absolute Gasteiger partial charge is 0.480 e. The van der Waals surface area contributed by atoms with Crippen LogP contribution in [0.25, 0.3) is 5.65 Å². The standard InChI is InChI=1S/C16H18F3N3O3/c1-4-10-13(14(23)21-12(8(2)3)15(24)25)22-7-9(16(17,18)19)5-6-11(22)20-10/h5-8,12H,4H2,1-3H3,(H,21,23)(H,24,25). The highest BCUT2D eigenvalue weighted by molar-refractivity contribution is 5.97. The number of carbonyl (C=O) groups excluding carboxylic acids is 1. The number of aryl methyl sites for hydroxylation is 1. The van der Waals surface area contributed by atoms with Gasteiger partial charge < -0.3 is 10.4 Å². The number of rotatable bonds is 5. The lowest BCUT2D eigenvalue weighted by Gasteiger charge is -2.18. The van der Waals surface area contributed by atoms with Gasteiger partial charge in [-0.1, -0.05) is 20.8 Å². The molecule has 2 rings (SSSR count). The molecule has 2 N–H and O–H groups in total. The van der Waals surface area contributed by atoms with Crippen LogP contribution in [0.2, 0.25) is 0 Å². The Balaban J connectivity index is 2.54. The third kappa shape index (κ3) is 3.75. The third-order valence-electron chi connectivity index (χ3n) is 3.79. The molecule has 136 valence electrons. The summed E-state index contributed by atoms with van der Waals surface area (Å²) in [5.41, 5.74) is -0.528. The topological polar surface area (TPSA) is 83.7 Å². The van der Waals surface area contributed by atoms with E-state index >= 15 is 0 Å². The number of nitrogens with zero attached hydrogens (tertiary/aromatic N) is 2. The lowest BCUT2D eigenvalue weighted by Crippen LogP contribution is -2.44. The minimum absolute atomic E-state index is 0.0875. The van der Waals surface area contributed by atoms with Gasteiger partial charge in [0.25, 0.3) is 5.91 Å². The molecule has 9 heteroatoms. The van der Waals surface area contributed by atoms with Gasteiger partial charge >= 0.3 is 12.1 Å². The Kier molecular flexibility index (Phi) is 5.05. The van der Waals surface area contributed by atoms with Gasteiger partial charge in [0.1, 0.15) is 17.4 Å². The van der Waals surface area contributed by atoms with E-state index in [2.05, 4.69) is 10.3 Å². The van der Waals surface area contributed by atoms with Crippen molar-refractivity contribution >= 4 is 17.5 Å². The summed E-state index contributed by atoms with van der Waals surface area (Å²) in [6.45, 7) is 4.95. The molecule has 25 heavy (non-hydrogen) atoms. The Morgan fingerprint density at radius 3 is 2.44 bits per heavy atom. The lowest BCUT2D eigenvalue weighted by molar-refractivity contribution is -0.140. The molecule has 0 saturated heterocycles. The van der Waals surface area contributed by atoms with Gasteiger partial charge in [0.05, 0.1) is 11.3 Å². The molecule has 0 radical (unpaired) electrons. The number of carboxylic acid groups (broad SMARTS) is 1. The molecule has 2 heterocycles. The molecular weight excluding hydrogens is 339 g/mol. The van der Waals surface area contributed by atoms with E-state index in [1.165, 1.54) is 6.07 Å². The van der Waals surface area contributed by atoms with Crippen molar-refractivity contribution in [2.75, 3.05) is 0 Å². The Morgan fingerprint density at radius 1 is 1.32 bits per heavy atom. The summed E-state index contributed by atoms with van der Waals surface area (Å²) < 4.78 is 39.9. The molecule has 0 aliphatic heterocycles. The number of amides is 1. The number of alkyl halides is 3. The second kappa shape index (κ2) is 6.73. The number of nitrogens with one attached hydrogen (secondary N) is 1. The van der Waals surface area contributed by atoms with E-state index in [0.717, 1.165) is 16.7 Å². The van der Waals surface area contributed by atoms with E-state index in [1.54, 1.807) is 20.8 Å². The number of aromatic nitrogens is 2. The smallest absolute Gasteiger partial charge is 0.417 e. The van der Waals surface area contributed by atoms with Crippen LogP contribution in [-0.2, 0) is 17.4 Å². The van der Waals surface area contributed by atoms with Crippen LogP contribution in [0.1, 0.15) is 42.5 Å². The molecular formula is C16H18F3N3O3. The minimum atomic E-state index is -4.57. The number of hydrogen-bond donors (Lipinski definition) is 2. The summed E-state index contributed by atoms with van der Waals surface area (Å²) >= 11 is 0. The van der Waals surface area contributed by atoms with E-state index < -0.39 is 35.6 Å². The summed E-state index contributed by atoms with van der Waals surface area (Å²) in [5, 5.41) is 11.6. The Morgan fingerprint density at radius 2 is 1.96 bits per heavy atom. The van der Waals surface area contributed by atoms with E-state index in [0.29, 0.717) is 12.1 Å². The second-order valence-corrected chi connectivity index (χ2v) is 5.94. The van der Waals surface area contributed by atoms with Crippen molar-refractivity contribution in [2.45, 2.75) is 39.4 Å². The van der Waals surface area contributed by atoms with Crippen LogP contribution in [-0.4, -0.2) is 32.4 Å². The molecule has 0 fully saturated rings. The average molecular weight is 357 g/mol. The zero-order valence-electron chi connectivity index (χ0n) is 13.9. The van der Waals surface area contributed by atoms with Crippen LogP contribution in [0.4, 0.5) is 13.2 Å². The Labute approximate surface area is 141 Å². The number of pyridine rings is 1. The van der Waals surface area contributed by atoms with Gasteiger partial charge in [-0.3, -0.25) is 9.20 Å². The van der Waals surface area contributed by atoms with Gasteiger partial charge in [0.2, 0.25) is 0 Å². The molecule has 0 aromatic carbocycles.